The normalized spacial score (nSPS) is 10.5. The van der Waals surface area contributed by atoms with E-state index in [2.05, 4.69) is 4.98 Å². The van der Waals surface area contributed by atoms with Crippen molar-refractivity contribution in [2.75, 3.05) is 7.11 Å². The zero-order valence-electron chi connectivity index (χ0n) is 10.9. The molecule has 1 aromatic carbocycles. The first-order valence-corrected chi connectivity index (χ1v) is 7.04. The van der Waals surface area contributed by atoms with Gasteiger partial charge in [-0.2, -0.15) is 0 Å². The molecule has 0 aliphatic rings. The average molecular weight is 370 g/mol. The molecule has 1 aromatic heterocycles. The third-order valence-electron chi connectivity index (χ3n) is 2.96. The minimum absolute atomic E-state index is 0.0293. The Morgan fingerprint density at radius 3 is 2.63 bits per heavy atom. The lowest BCUT2D eigenvalue weighted by Gasteiger charge is -2.07. The summed E-state index contributed by atoms with van der Waals surface area (Å²) in [6.45, 7) is 2.48. The molecule has 0 atom stereocenters. The molecule has 19 heavy (non-hydrogen) atoms. The molecule has 4 nitrogen and oxygen atoms in total. The van der Waals surface area contributed by atoms with Gasteiger partial charge in [-0.25, -0.2) is 4.98 Å². The summed E-state index contributed by atoms with van der Waals surface area (Å²) in [6, 6.07) is 7.87. The number of nitrogens with zero attached hydrogens (tertiary/aromatic N) is 2. The topological polar surface area (TPSA) is 44.1 Å². The molecular formula is C14H15IN2O2. The van der Waals surface area contributed by atoms with E-state index in [0.717, 1.165) is 17.9 Å². The minimum Gasteiger partial charge on any atom is -0.497 e. The number of halogens is 1. The van der Waals surface area contributed by atoms with E-state index in [1.165, 1.54) is 5.56 Å². The zero-order valence-corrected chi connectivity index (χ0v) is 13.0. The van der Waals surface area contributed by atoms with E-state index in [-0.39, 0.29) is 5.56 Å². The van der Waals surface area contributed by atoms with Crippen molar-refractivity contribution in [3.63, 3.8) is 0 Å². The maximum Gasteiger partial charge on any atom is 0.267 e. The van der Waals surface area contributed by atoms with Crippen LogP contribution in [0.4, 0.5) is 0 Å². The Bertz CT molecular complexity index is 620. The van der Waals surface area contributed by atoms with Gasteiger partial charge in [-0.3, -0.25) is 9.36 Å². The molecule has 100 valence electrons. The van der Waals surface area contributed by atoms with Gasteiger partial charge >= 0.3 is 0 Å². The van der Waals surface area contributed by atoms with Crippen LogP contribution >= 0.6 is 22.6 Å². The fraction of sp³-hybridized carbons (Fsp3) is 0.286. The van der Waals surface area contributed by atoms with Gasteiger partial charge in [0, 0.05) is 6.54 Å². The van der Waals surface area contributed by atoms with Crippen LogP contribution in [-0.2, 0) is 13.0 Å². The van der Waals surface area contributed by atoms with E-state index >= 15 is 0 Å². The highest BCUT2D eigenvalue weighted by Gasteiger charge is 2.05. The third kappa shape index (κ3) is 3.34. The van der Waals surface area contributed by atoms with E-state index in [1.807, 2.05) is 53.8 Å². The van der Waals surface area contributed by atoms with Gasteiger partial charge in [0.05, 0.1) is 22.7 Å². The van der Waals surface area contributed by atoms with Crippen LogP contribution in [0.2, 0.25) is 0 Å². The molecule has 2 aromatic rings. The van der Waals surface area contributed by atoms with Crippen LogP contribution in [0.15, 0.2) is 35.4 Å². The summed E-state index contributed by atoms with van der Waals surface area (Å²) in [5.74, 6) is 0.840. The summed E-state index contributed by atoms with van der Waals surface area (Å²) < 4.78 is 7.46. The first-order chi connectivity index (χ1) is 9.11. The quantitative estimate of drug-likeness (QED) is 0.777. The second-order valence-corrected chi connectivity index (χ2v) is 5.32. The maximum atomic E-state index is 12.0. The zero-order chi connectivity index (χ0) is 13.8. The highest BCUT2D eigenvalue weighted by Crippen LogP contribution is 2.12. The molecule has 0 unspecified atom stereocenters. The second-order valence-electron chi connectivity index (χ2n) is 4.24. The monoisotopic (exact) mass is 370 g/mol. The molecule has 2 rings (SSSR count). The van der Waals surface area contributed by atoms with Crippen LogP contribution < -0.4 is 10.3 Å². The van der Waals surface area contributed by atoms with Gasteiger partial charge in [-0.05, 0) is 53.6 Å². The smallest absolute Gasteiger partial charge is 0.267 e. The van der Waals surface area contributed by atoms with Crippen LogP contribution in [0, 0.1) is 10.5 Å². The molecule has 0 saturated heterocycles. The van der Waals surface area contributed by atoms with Crippen molar-refractivity contribution in [3.8, 4) is 5.75 Å². The van der Waals surface area contributed by atoms with Crippen LogP contribution in [0.1, 0.15) is 11.3 Å². The van der Waals surface area contributed by atoms with E-state index < -0.39 is 0 Å². The van der Waals surface area contributed by atoms with Gasteiger partial charge in [-0.15, -0.1) is 0 Å². The van der Waals surface area contributed by atoms with Crippen LogP contribution in [0.25, 0.3) is 0 Å². The molecule has 0 aliphatic heterocycles. The second kappa shape index (κ2) is 6.18. The Hall–Kier alpha value is -1.37. The summed E-state index contributed by atoms with van der Waals surface area (Å²) in [7, 11) is 1.65. The predicted molar refractivity (Wildman–Crippen MR) is 82.6 cm³/mol. The molecule has 0 spiro atoms. The third-order valence-corrected chi connectivity index (χ3v) is 4.20. The fourth-order valence-corrected chi connectivity index (χ4v) is 2.20. The van der Waals surface area contributed by atoms with Crippen molar-refractivity contribution in [2.45, 2.75) is 19.9 Å². The van der Waals surface area contributed by atoms with Crippen LogP contribution in [-0.4, -0.2) is 16.7 Å². The van der Waals surface area contributed by atoms with E-state index in [0.29, 0.717) is 10.1 Å². The van der Waals surface area contributed by atoms with Crippen molar-refractivity contribution in [3.05, 3.63) is 55.8 Å². The first kappa shape index (κ1) is 14.0. The van der Waals surface area contributed by atoms with Gasteiger partial charge < -0.3 is 4.74 Å². The molecule has 0 amide bonds. The number of hydrogen-bond donors (Lipinski definition) is 0. The molecular weight excluding hydrogens is 355 g/mol. The Kier molecular flexibility index (Phi) is 4.57. The molecule has 0 fully saturated rings. The van der Waals surface area contributed by atoms with Crippen molar-refractivity contribution in [1.29, 1.82) is 0 Å². The molecule has 5 heteroatoms. The number of rotatable bonds is 4. The van der Waals surface area contributed by atoms with Gasteiger partial charge in [0.2, 0.25) is 0 Å². The summed E-state index contributed by atoms with van der Waals surface area (Å²) in [4.78, 5) is 16.2. The van der Waals surface area contributed by atoms with E-state index in [1.54, 1.807) is 18.0 Å². The van der Waals surface area contributed by atoms with Gasteiger partial charge in [0.1, 0.15) is 5.75 Å². The standard InChI is InChI=1S/C14H15IN2O2/c1-10-13(15)14(18)17(9-16-10)8-7-11-3-5-12(19-2)6-4-11/h3-6,9H,7-8H2,1-2H3. The number of aromatic nitrogens is 2. The van der Waals surface area contributed by atoms with Crippen molar-refractivity contribution in [2.24, 2.45) is 0 Å². The molecule has 0 N–H and O–H groups in total. The summed E-state index contributed by atoms with van der Waals surface area (Å²) in [6.07, 6.45) is 2.41. The molecule has 0 bridgehead atoms. The van der Waals surface area contributed by atoms with Gasteiger partial charge in [0.15, 0.2) is 0 Å². The van der Waals surface area contributed by atoms with Crippen molar-refractivity contribution in [1.82, 2.24) is 9.55 Å². The van der Waals surface area contributed by atoms with Crippen LogP contribution in [0.3, 0.4) is 0 Å². The maximum absolute atomic E-state index is 12.0. The van der Waals surface area contributed by atoms with Crippen molar-refractivity contribution < 1.29 is 4.74 Å². The number of hydrogen-bond acceptors (Lipinski definition) is 3. The molecule has 0 radical (unpaired) electrons. The lowest BCUT2D eigenvalue weighted by molar-refractivity contribution is 0.414. The summed E-state index contributed by atoms with van der Waals surface area (Å²) in [5.41, 5.74) is 1.98. The molecule has 1 heterocycles. The Morgan fingerprint density at radius 2 is 2.00 bits per heavy atom. The lowest BCUT2D eigenvalue weighted by Crippen LogP contribution is -2.24. The van der Waals surface area contributed by atoms with Gasteiger partial charge in [-0.1, -0.05) is 12.1 Å². The SMILES string of the molecule is COc1ccc(CCn2cnc(C)c(I)c2=O)cc1. The minimum atomic E-state index is 0.0293. The van der Waals surface area contributed by atoms with E-state index in [4.69, 9.17) is 4.74 Å². The number of benzene rings is 1. The van der Waals surface area contributed by atoms with Gasteiger partial charge in [0.25, 0.3) is 5.56 Å². The molecule has 0 saturated carbocycles. The highest BCUT2D eigenvalue weighted by molar-refractivity contribution is 14.1. The lowest BCUT2D eigenvalue weighted by atomic mass is 10.1. The largest absolute Gasteiger partial charge is 0.497 e. The average Bonchev–Trinajstić information content (AvgIpc) is 2.45. The summed E-state index contributed by atoms with van der Waals surface area (Å²) >= 11 is 2.05. The summed E-state index contributed by atoms with van der Waals surface area (Å²) in [5, 5.41) is 0. The number of aryl methyl sites for hydroxylation is 3. The highest BCUT2D eigenvalue weighted by atomic mass is 127. The Morgan fingerprint density at radius 1 is 1.32 bits per heavy atom. The molecule has 0 aliphatic carbocycles. The Labute approximate surface area is 125 Å². The number of ether oxygens (including phenoxy) is 1. The fourth-order valence-electron chi connectivity index (χ4n) is 1.75. The predicted octanol–water partition coefficient (Wildman–Crippen LogP) is 2.41. The number of methoxy groups -OCH3 is 1. The van der Waals surface area contributed by atoms with Crippen LogP contribution in [0.5, 0.6) is 5.75 Å². The first-order valence-electron chi connectivity index (χ1n) is 5.96. The van der Waals surface area contributed by atoms with E-state index in [9.17, 15) is 4.79 Å². The Balaban J connectivity index is 2.10. The van der Waals surface area contributed by atoms with Crippen molar-refractivity contribution >= 4 is 22.6 Å².